The van der Waals surface area contributed by atoms with Crippen LogP contribution in [0.25, 0.3) is 0 Å². The Kier molecular flexibility index (Phi) is 6.10. The number of nitrogens with one attached hydrogen (secondary N) is 1. The largest absolute Gasteiger partial charge is 0.494 e. The predicted octanol–water partition coefficient (Wildman–Crippen LogP) is 2.41. The molecule has 1 N–H and O–H groups in total. The van der Waals surface area contributed by atoms with Gasteiger partial charge in [0.1, 0.15) is 0 Å². The first-order valence-electron chi connectivity index (χ1n) is 7.84. The summed E-state index contributed by atoms with van der Waals surface area (Å²) < 4.78 is 25.5. The Morgan fingerprint density at radius 3 is 2.68 bits per heavy atom. The number of hydrogen-bond acceptors (Lipinski definition) is 5. The minimum absolute atomic E-state index is 0.0257. The maximum atomic E-state index is 14.0. The van der Waals surface area contributed by atoms with Crippen LogP contribution in [-0.4, -0.2) is 35.4 Å². The lowest BCUT2D eigenvalue weighted by molar-refractivity contribution is -0.115. The van der Waals surface area contributed by atoms with Gasteiger partial charge in [0.15, 0.2) is 11.6 Å². The smallest absolute Gasteiger partial charge is 0.340 e. The van der Waals surface area contributed by atoms with Gasteiger partial charge in [0.2, 0.25) is 5.91 Å². The number of aromatic nitrogens is 2. The molecule has 0 fully saturated rings. The maximum Gasteiger partial charge on any atom is 0.340 e. The third-order valence-electron chi connectivity index (χ3n) is 3.44. The van der Waals surface area contributed by atoms with Crippen LogP contribution in [0.5, 0.6) is 5.75 Å². The van der Waals surface area contributed by atoms with E-state index in [4.69, 9.17) is 9.47 Å². The quantitative estimate of drug-likeness (QED) is 0.776. The lowest BCUT2D eigenvalue weighted by Gasteiger charge is -2.12. The van der Waals surface area contributed by atoms with Crippen molar-refractivity contribution in [3.05, 3.63) is 41.5 Å². The number of rotatable bonds is 7. The highest BCUT2D eigenvalue weighted by molar-refractivity contribution is 6.02. The zero-order valence-electron chi connectivity index (χ0n) is 14.3. The van der Waals surface area contributed by atoms with Crippen LogP contribution in [0.1, 0.15) is 29.8 Å². The van der Waals surface area contributed by atoms with E-state index in [1.807, 2.05) is 6.92 Å². The molecule has 0 unspecified atom stereocenters. The molecule has 1 aromatic carbocycles. The van der Waals surface area contributed by atoms with Crippen molar-refractivity contribution in [3.63, 3.8) is 0 Å². The van der Waals surface area contributed by atoms with Crippen molar-refractivity contribution in [2.45, 2.75) is 26.8 Å². The number of carbonyl (C=O) groups is 2. The topological polar surface area (TPSA) is 82.4 Å². The van der Waals surface area contributed by atoms with Crippen molar-refractivity contribution >= 4 is 17.6 Å². The summed E-state index contributed by atoms with van der Waals surface area (Å²) in [4.78, 5) is 24.3. The molecule has 0 aliphatic heterocycles. The molecular weight excluding hydrogens is 329 g/mol. The van der Waals surface area contributed by atoms with Crippen molar-refractivity contribution in [1.82, 2.24) is 9.78 Å². The number of methoxy groups -OCH3 is 1. The number of ether oxygens (including phenoxy) is 2. The molecule has 8 heteroatoms. The fourth-order valence-corrected chi connectivity index (χ4v) is 2.24. The SMILES string of the molecule is CCOC(=O)c1cc(OC)c(F)cc1NC(=O)Cc1cnn(CC)c1. The molecule has 0 aliphatic rings. The highest BCUT2D eigenvalue weighted by Gasteiger charge is 2.19. The number of amides is 1. The lowest BCUT2D eigenvalue weighted by Crippen LogP contribution is -2.18. The molecule has 0 aliphatic carbocycles. The van der Waals surface area contributed by atoms with Crippen molar-refractivity contribution in [2.24, 2.45) is 0 Å². The lowest BCUT2D eigenvalue weighted by atomic mass is 10.1. The molecule has 0 atom stereocenters. The molecule has 1 amide bonds. The molecule has 0 saturated heterocycles. The van der Waals surface area contributed by atoms with Crippen LogP contribution >= 0.6 is 0 Å². The molecule has 2 aromatic rings. The van der Waals surface area contributed by atoms with E-state index in [2.05, 4.69) is 10.4 Å². The molecule has 25 heavy (non-hydrogen) atoms. The Morgan fingerprint density at radius 2 is 2.08 bits per heavy atom. The van der Waals surface area contributed by atoms with Gasteiger partial charge in [-0.25, -0.2) is 9.18 Å². The van der Waals surface area contributed by atoms with Crippen LogP contribution in [-0.2, 0) is 22.5 Å². The molecular formula is C17H20FN3O4. The van der Waals surface area contributed by atoms with Crippen LogP contribution in [0, 0.1) is 5.82 Å². The number of esters is 1. The second kappa shape index (κ2) is 8.27. The number of aryl methyl sites for hydroxylation is 1. The van der Waals surface area contributed by atoms with E-state index in [0.29, 0.717) is 12.1 Å². The van der Waals surface area contributed by atoms with Gasteiger partial charge < -0.3 is 14.8 Å². The number of anilines is 1. The normalized spacial score (nSPS) is 10.4. The standard InChI is InChI=1S/C17H20FN3O4/c1-4-21-10-11(9-19-21)6-16(22)20-14-8-13(18)15(24-3)7-12(14)17(23)25-5-2/h7-10H,4-6H2,1-3H3,(H,20,22). The summed E-state index contributed by atoms with van der Waals surface area (Å²) in [5.74, 6) is -1.87. The zero-order valence-corrected chi connectivity index (χ0v) is 14.3. The third-order valence-corrected chi connectivity index (χ3v) is 3.44. The van der Waals surface area contributed by atoms with Crippen molar-refractivity contribution < 1.29 is 23.5 Å². The summed E-state index contributed by atoms with van der Waals surface area (Å²) in [6.45, 7) is 4.44. The average molecular weight is 349 g/mol. The first-order chi connectivity index (χ1) is 12.0. The zero-order chi connectivity index (χ0) is 18.4. The minimum atomic E-state index is -0.690. The van der Waals surface area contributed by atoms with Crippen molar-refractivity contribution in [2.75, 3.05) is 19.0 Å². The summed E-state index contributed by atoms with van der Waals surface area (Å²) in [5, 5.41) is 6.63. The molecule has 1 aromatic heterocycles. The molecule has 0 spiro atoms. The van der Waals surface area contributed by atoms with Gasteiger partial charge in [0.05, 0.1) is 37.6 Å². The number of nitrogens with zero attached hydrogens (tertiary/aromatic N) is 2. The monoisotopic (exact) mass is 349 g/mol. The van der Waals surface area contributed by atoms with Crippen LogP contribution in [0.15, 0.2) is 24.5 Å². The summed E-state index contributed by atoms with van der Waals surface area (Å²) in [6.07, 6.45) is 3.39. The first kappa shape index (κ1) is 18.4. The molecule has 1 heterocycles. The number of hydrogen-bond donors (Lipinski definition) is 1. The van der Waals surface area contributed by atoms with E-state index < -0.39 is 17.7 Å². The Hall–Kier alpha value is -2.90. The van der Waals surface area contributed by atoms with Gasteiger partial charge in [-0.05, 0) is 25.5 Å². The summed E-state index contributed by atoms with van der Waals surface area (Å²) in [7, 11) is 1.29. The summed E-state index contributed by atoms with van der Waals surface area (Å²) in [5.41, 5.74) is 0.772. The van der Waals surface area contributed by atoms with Gasteiger partial charge in [-0.15, -0.1) is 0 Å². The predicted molar refractivity (Wildman–Crippen MR) is 89.1 cm³/mol. The molecule has 0 saturated carbocycles. The van der Waals surface area contributed by atoms with Crippen molar-refractivity contribution in [3.8, 4) is 5.75 Å². The van der Waals surface area contributed by atoms with Crippen LogP contribution in [0.3, 0.4) is 0 Å². The molecule has 0 radical (unpaired) electrons. The number of benzene rings is 1. The van der Waals surface area contributed by atoms with Crippen molar-refractivity contribution in [1.29, 1.82) is 0 Å². The van der Waals surface area contributed by atoms with Gasteiger partial charge in [-0.2, -0.15) is 5.10 Å². The van der Waals surface area contributed by atoms with E-state index in [-0.39, 0.29) is 30.0 Å². The fourth-order valence-electron chi connectivity index (χ4n) is 2.24. The Bertz CT molecular complexity index is 773. The highest BCUT2D eigenvalue weighted by atomic mass is 19.1. The first-order valence-corrected chi connectivity index (χ1v) is 7.84. The Labute approximate surface area is 144 Å². The molecule has 0 bridgehead atoms. The summed E-state index contributed by atoms with van der Waals surface area (Å²) >= 11 is 0. The van der Waals surface area contributed by atoms with E-state index in [1.165, 1.54) is 13.2 Å². The van der Waals surface area contributed by atoms with Gasteiger partial charge in [-0.1, -0.05) is 0 Å². The average Bonchev–Trinajstić information content (AvgIpc) is 3.02. The second-order valence-corrected chi connectivity index (χ2v) is 5.18. The molecule has 7 nitrogen and oxygen atoms in total. The molecule has 134 valence electrons. The van der Waals surface area contributed by atoms with Gasteiger partial charge in [0.25, 0.3) is 0 Å². The number of halogens is 1. The summed E-state index contributed by atoms with van der Waals surface area (Å²) in [6, 6.07) is 2.25. The van der Waals surface area contributed by atoms with Crippen LogP contribution in [0.4, 0.5) is 10.1 Å². The maximum absolute atomic E-state index is 14.0. The van der Waals surface area contributed by atoms with Gasteiger partial charge in [-0.3, -0.25) is 9.48 Å². The Morgan fingerprint density at radius 1 is 1.32 bits per heavy atom. The van der Waals surface area contributed by atoms with E-state index in [0.717, 1.165) is 6.07 Å². The molecule has 2 rings (SSSR count). The number of carbonyl (C=O) groups excluding carboxylic acids is 2. The third kappa shape index (κ3) is 4.56. The fraction of sp³-hybridized carbons (Fsp3) is 0.353. The van der Waals surface area contributed by atoms with E-state index in [9.17, 15) is 14.0 Å². The second-order valence-electron chi connectivity index (χ2n) is 5.18. The Balaban J connectivity index is 2.22. The minimum Gasteiger partial charge on any atom is -0.494 e. The van der Waals surface area contributed by atoms with Crippen LogP contribution in [0.2, 0.25) is 0 Å². The van der Waals surface area contributed by atoms with E-state index >= 15 is 0 Å². The van der Waals surface area contributed by atoms with E-state index in [1.54, 1.807) is 24.0 Å². The van der Waals surface area contributed by atoms with Crippen LogP contribution < -0.4 is 10.1 Å². The van der Waals surface area contributed by atoms with Gasteiger partial charge in [0, 0.05) is 18.8 Å². The highest BCUT2D eigenvalue weighted by Crippen LogP contribution is 2.27. The van der Waals surface area contributed by atoms with Gasteiger partial charge >= 0.3 is 5.97 Å².